The lowest BCUT2D eigenvalue weighted by molar-refractivity contribution is -0.138. The SMILES string of the molecule is C=CC(=O)OCCOc1ccc(/C=C/c2cnc3ccccc3n2)cc1. The fourth-order valence-electron chi connectivity index (χ4n) is 2.27. The van der Waals surface area contributed by atoms with Gasteiger partial charge < -0.3 is 9.47 Å². The number of hydrogen-bond donors (Lipinski definition) is 0. The maximum atomic E-state index is 10.9. The molecule has 0 radical (unpaired) electrons. The molecule has 0 spiro atoms. The van der Waals surface area contributed by atoms with Gasteiger partial charge in [0.05, 0.1) is 22.9 Å². The minimum atomic E-state index is -0.453. The molecule has 0 unspecified atom stereocenters. The van der Waals surface area contributed by atoms with Crippen LogP contribution >= 0.6 is 0 Å². The zero-order valence-electron chi connectivity index (χ0n) is 14.2. The molecule has 0 fully saturated rings. The van der Waals surface area contributed by atoms with Gasteiger partial charge in [0.2, 0.25) is 0 Å². The summed E-state index contributed by atoms with van der Waals surface area (Å²) in [4.78, 5) is 19.9. The van der Waals surface area contributed by atoms with Crippen LogP contribution in [0.1, 0.15) is 11.3 Å². The summed E-state index contributed by atoms with van der Waals surface area (Å²) < 4.78 is 10.4. The van der Waals surface area contributed by atoms with Crippen LogP contribution in [-0.2, 0) is 9.53 Å². The number of hydrogen-bond acceptors (Lipinski definition) is 5. The third kappa shape index (κ3) is 4.77. The standard InChI is InChI=1S/C21H18N2O3/c1-2-21(24)26-14-13-25-18-11-8-16(9-12-18)7-10-17-15-22-19-5-3-4-6-20(19)23-17/h2-12,15H,1,13-14H2/b10-7+. The number of esters is 1. The second-order valence-electron chi connectivity index (χ2n) is 5.41. The van der Waals surface area contributed by atoms with E-state index in [2.05, 4.69) is 16.5 Å². The lowest BCUT2D eigenvalue weighted by Crippen LogP contribution is -2.10. The Morgan fingerprint density at radius 2 is 1.77 bits per heavy atom. The number of nitrogens with zero attached hydrogens (tertiary/aromatic N) is 2. The molecule has 3 aromatic rings. The minimum Gasteiger partial charge on any atom is -0.490 e. The fraction of sp³-hybridized carbons (Fsp3) is 0.0952. The first kappa shape index (κ1) is 17.4. The highest BCUT2D eigenvalue weighted by Crippen LogP contribution is 2.15. The molecule has 5 heteroatoms. The summed E-state index contributed by atoms with van der Waals surface area (Å²) >= 11 is 0. The van der Waals surface area contributed by atoms with Crippen LogP contribution in [0.5, 0.6) is 5.75 Å². The van der Waals surface area contributed by atoms with E-state index in [1.165, 1.54) is 0 Å². The predicted octanol–water partition coefficient (Wildman–Crippen LogP) is 3.91. The van der Waals surface area contributed by atoms with E-state index in [4.69, 9.17) is 9.47 Å². The number of fused-ring (bicyclic) bond motifs is 1. The van der Waals surface area contributed by atoms with E-state index >= 15 is 0 Å². The van der Waals surface area contributed by atoms with Crippen molar-refractivity contribution >= 4 is 29.2 Å². The van der Waals surface area contributed by atoms with Gasteiger partial charge in [-0.1, -0.05) is 36.9 Å². The van der Waals surface area contributed by atoms with Crippen LogP contribution in [0.3, 0.4) is 0 Å². The van der Waals surface area contributed by atoms with Crippen LogP contribution in [0, 0.1) is 0 Å². The van der Waals surface area contributed by atoms with Gasteiger partial charge in [-0.3, -0.25) is 4.98 Å². The van der Waals surface area contributed by atoms with Crippen molar-refractivity contribution in [3.8, 4) is 5.75 Å². The van der Waals surface area contributed by atoms with Crippen molar-refractivity contribution in [2.24, 2.45) is 0 Å². The number of para-hydroxylation sites is 2. The van der Waals surface area contributed by atoms with E-state index in [1.54, 1.807) is 6.20 Å². The summed E-state index contributed by atoms with van der Waals surface area (Å²) in [6, 6.07) is 15.4. The number of benzene rings is 2. The van der Waals surface area contributed by atoms with Crippen LogP contribution in [0.2, 0.25) is 0 Å². The van der Waals surface area contributed by atoms with Gasteiger partial charge in [-0.15, -0.1) is 0 Å². The zero-order valence-corrected chi connectivity index (χ0v) is 14.2. The first-order valence-electron chi connectivity index (χ1n) is 8.16. The molecule has 1 aromatic heterocycles. The van der Waals surface area contributed by atoms with Gasteiger partial charge in [0.25, 0.3) is 0 Å². The fourth-order valence-corrected chi connectivity index (χ4v) is 2.27. The lowest BCUT2D eigenvalue weighted by atomic mass is 10.2. The summed E-state index contributed by atoms with van der Waals surface area (Å²) in [5.41, 5.74) is 3.57. The predicted molar refractivity (Wildman–Crippen MR) is 102 cm³/mol. The van der Waals surface area contributed by atoms with Gasteiger partial charge in [-0.2, -0.15) is 0 Å². The minimum absolute atomic E-state index is 0.188. The number of carbonyl (C=O) groups is 1. The van der Waals surface area contributed by atoms with Crippen LogP contribution < -0.4 is 4.74 Å². The molecule has 5 nitrogen and oxygen atoms in total. The number of carbonyl (C=O) groups excluding carboxylic acids is 1. The Morgan fingerprint density at radius 1 is 1.00 bits per heavy atom. The highest BCUT2D eigenvalue weighted by atomic mass is 16.6. The van der Waals surface area contributed by atoms with E-state index in [-0.39, 0.29) is 6.61 Å². The largest absolute Gasteiger partial charge is 0.490 e. The second-order valence-corrected chi connectivity index (χ2v) is 5.41. The van der Waals surface area contributed by atoms with Crippen molar-refractivity contribution in [3.63, 3.8) is 0 Å². The molecule has 2 aromatic carbocycles. The highest BCUT2D eigenvalue weighted by Gasteiger charge is 1.98. The molecule has 3 rings (SSSR count). The van der Waals surface area contributed by atoms with Crippen LogP contribution in [0.4, 0.5) is 0 Å². The molecule has 0 amide bonds. The van der Waals surface area contributed by atoms with E-state index in [9.17, 15) is 4.79 Å². The molecule has 0 bridgehead atoms. The van der Waals surface area contributed by atoms with E-state index in [1.807, 2.05) is 60.7 Å². The molecule has 0 saturated carbocycles. The quantitative estimate of drug-likeness (QED) is 0.369. The third-order valence-electron chi connectivity index (χ3n) is 3.56. The molecule has 26 heavy (non-hydrogen) atoms. The van der Waals surface area contributed by atoms with E-state index in [0.29, 0.717) is 12.4 Å². The maximum absolute atomic E-state index is 10.9. The van der Waals surface area contributed by atoms with Crippen molar-refractivity contribution in [1.82, 2.24) is 9.97 Å². The molecule has 130 valence electrons. The van der Waals surface area contributed by atoms with Crippen LogP contribution in [0.25, 0.3) is 23.2 Å². The van der Waals surface area contributed by atoms with Gasteiger partial charge in [-0.25, -0.2) is 9.78 Å². The normalized spacial score (nSPS) is 10.8. The summed E-state index contributed by atoms with van der Waals surface area (Å²) in [5.74, 6) is 0.258. The molecule has 0 saturated heterocycles. The first-order chi connectivity index (χ1) is 12.7. The summed E-state index contributed by atoms with van der Waals surface area (Å²) in [7, 11) is 0. The molecule has 0 atom stereocenters. The van der Waals surface area contributed by atoms with Crippen molar-refractivity contribution in [2.75, 3.05) is 13.2 Å². The Labute approximate surface area is 151 Å². The lowest BCUT2D eigenvalue weighted by Gasteiger charge is -2.06. The van der Waals surface area contributed by atoms with E-state index in [0.717, 1.165) is 28.4 Å². The molecular weight excluding hydrogens is 328 g/mol. The van der Waals surface area contributed by atoms with Crippen molar-refractivity contribution < 1.29 is 14.3 Å². The molecule has 0 aliphatic rings. The summed E-state index contributed by atoms with van der Waals surface area (Å²) in [6.45, 7) is 3.81. The first-order valence-corrected chi connectivity index (χ1v) is 8.16. The topological polar surface area (TPSA) is 61.3 Å². The van der Waals surface area contributed by atoms with Gasteiger partial charge in [-0.05, 0) is 35.9 Å². The number of ether oxygens (including phenoxy) is 2. The summed E-state index contributed by atoms with van der Waals surface area (Å²) in [5, 5.41) is 0. The number of aromatic nitrogens is 2. The average Bonchev–Trinajstić information content (AvgIpc) is 2.70. The van der Waals surface area contributed by atoms with Crippen molar-refractivity contribution in [1.29, 1.82) is 0 Å². The maximum Gasteiger partial charge on any atom is 0.330 e. The molecule has 1 heterocycles. The van der Waals surface area contributed by atoms with Gasteiger partial charge in [0, 0.05) is 6.08 Å². The highest BCUT2D eigenvalue weighted by molar-refractivity contribution is 5.81. The van der Waals surface area contributed by atoms with Gasteiger partial charge in [0.1, 0.15) is 19.0 Å². The third-order valence-corrected chi connectivity index (χ3v) is 3.56. The Balaban J connectivity index is 1.56. The van der Waals surface area contributed by atoms with Crippen molar-refractivity contribution in [2.45, 2.75) is 0 Å². The van der Waals surface area contributed by atoms with Crippen LogP contribution in [0.15, 0.2) is 67.4 Å². The molecule has 0 N–H and O–H groups in total. The molecule has 0 aliphatic carbocycles. The Bertz CT molecular complexity index is 933. The molecular formula is C21H18N2O3. The number of rotatable bonds is 7. The summed E-state index contributed by atoms with van der Waals surface area (Å²) in [6.07, 6.45) is 6.76. The van der Waals surface area contributed by atoms with Crippen LogP contribution in [-0.4, -0.2) is 29.2 Å². The van der Waals surface area contributed by atoms with Crippen molar-refractivity contribution in [3.05, 3.63) is 78.6 Å². The second kappa shape index (κ2) is 8.58. The molecule has 0 aliphatic heterocycles. The Kier molecular flexibility index (Phi) is 5.72. The smallest absolute Gasteiger partial charge is 0.330 e. The average molecular weight is 346 g/mol. The zero-order chi connectivity index (χ0) is 18.2. The van der Waals surface area contributed by atoms with E-state index < -0.39 is 5.97 Å². The Morgan fingerprint density at radius 3 is 2.54 bits per heavy atom. The van der Waals surface area contributed by atoms with Gasteiger partial charge >= 0.3 is 5.97 Å². The van der Waals surface area contributed by atoms with Gasteiger partial charge in [0.15, 0.2) is 0 Å². The monoisotopic (exact) mass is 346 g/mol. The Hall–Kier alpha value is -3.47.